The number of hydrogen-bond acceptors (Lipinski definition) is 5. The second-order valence-corrected chi connectivity index (χ2v) is 5.86. The van der Waals surface area contributed by atoms with Gasteiger partial charge in [0.25, 0.3) is 0 Å². The first kappa shape index (κ1) is 14.1. The van der Waals surface area contributed by atoms with Crippen molar-refractivity contribution in [2.24, 2.45) is 5.92 Å². The molecule has 1 aliphatic rings. The van der Waals surface area contributed by atoms with Crippen LogP contribution in [0, 0.1) is 5.92 Å². The molecule has 0 amide bonds. The Morgan fingerprint density at radius 1 is 1.33 bits per heavy atom. The largest absolute Gasteiger partial charge is 0.496 e. The lowest BCUT2D eigenvalue weighted by molar-refractivity contribution is 0.234. The highest BCUT2D eigenvalue weighted by atomic mass is 16.5. The van der Waals surface area contributed by atoms with E-state index in [2.05, 4.69) is 29.3 Å². The highest BCUT2D eigenvalue weighted by Gasteiger charge is 2.43. The molecule has 0 spiro atoms. The van der Waals surface area contributed by atoms with Gasteiger partial charge in [-0.3, -0.25) is 0 Å². The monoisotopic (exact) mass is 287 g/mol. The highest BCUT2D eigenvalue weighted by Crippen LogP contribution is 2.38. The number of benzene rings is 1. The first-order valence-electron chi connectivity index (χ1n) is 7.35. The van der Waals surface area contributed by atoms with Gasteiger partial charge in [-0.1, -0.05) is 31.1 Å². The van der Waals surface area contributed by atoms with Gasteiger partial charge in [-0.25, -0.2) is 0 Å². The maximum Gasteiger partial charge on any atom is 0.234 e. The molecular weight excluding hydrogens is 266 g/mol. The van der Waals surface area contributed by atoms with E-state index in [9.17, 15) is 0 Å². The number of nitrogens with one attached hydrogen (secondary N) is 1. The van der Waals surface area contributed by atoms with E-state index in [0.29, 0.717) is 11.7 Å². The average Bonchev–Trinajstić information content (AvgIpc) is 3.16. The normalized spacial score (nSPS) is 21.9. The molecule has 21 heavy (non-hydrogen) atoms. The number of methoxy groups -OCH3 is 1. The molecule has 0 bridgehead atoms. The van der Waals surface area contributed by atoms with E-state index in [1.807, 2.05) is 24.3 Å². The number of rotatable bonds is 4. The van der Waals surface area contributed by atoms with Crippen molar-refractivity contribution in [3.05, 3.63) is 30.2 Å². The van der Waals surface area contributed by atoms with Crippen molar-refractivity contribution in [1.29, 1.82) is 0 Å². The summed E-state index contributed by atoms with van der Waals surface area (Å²) in [7, 11) is 1.65. The Hall–Kier alpha value is -1.88. The molecule has 1 N–H and O–H groups in total. The van der Waals surface area contributed by atoms with Crippen molar-refractivity contribution in [2.75, 3.05) is 20.2 Å². The van der Waals surface area contributed by atoms with Crippen molar-refractivity contribution in [3.63, 3.8) is 0 Å². The Kier molecular flexibility index (Phi) is 3.68. The maximum absolute atomic E-state index is 5.61. The summed E-state index contributed by atoms with van der Waals surface area (Å²) in [6, 6.07) is 7.73. The lowest BCUT2D eigenvalue weighted by Gasteiger charge is -2.28. The van der Waals surface area contributed by atoms with Crippen LogP contribution in [-0.4, -0.2) is 30.3 Å². The van der Waals surface area contributed by atoms with Gasteiger partial charge in [0.05, 0.1) is 18.1 Å². The fourth-order valence-electron chi connectivity index (χ4n) is 3.00. The van der Waals surface area contributed by atoms with E-state index in [-0.39, 0.29) is 5.41 Å². The Labute approximate surface area is 124 Å². The van der Waals surface area contributed by atoms with Gasteiger partial charge in [0.15, 0.2) is 0 Å². The number of para-hydroxylation sites is 1. The predicted octanol–water partition coefficient (Wildman–Crippen LogP) is 2.63. The molecule has 1 aromatic heterocycles. The van der Waals surface area contributed by atoms with Crippen LogP contribution in [-0.2, 0) is 5.41 Å². The third-order valence-corrected chi connectivity index (χ3v) is 4.49. The molecule has 0 saturated carbocycles. The maximum atomic E-state index is 5.61. The van der Waals surface area contributed by atoms with Gasteiger partial charge in [-0.05, 0) is 31.0 Å². The zero-order valence-corrected chi connectivity index (χ0v) is 12.7. The van der Waals surface area contributed by atoms with Crippen LogP contribution in [0.5, 0.6) is 5.75 Å². The standard InChI is InChI=1S/C16H21N3O2/c1-11(2)16(8-9-17-10-16)15-18-14(19-21-15)12-6-4-5-7-13(12)20-3/h4-7,11,17H,8-10H2,1-3H3. The lowest BCUT2D eigenvalue weighted by Crippen LogP contribution is -2.35. The average molecular weight is 287 g/mol. The zero-order chi connectivity index (χ0) is 14.9. The molecule has 5 heteroatoms. The molecule has 0 aliphatic carbocycles. The van der Waals surface area contributed by atoms with Crippen molar-refractivity contribution in [3.8, 4) is 17.1 Å². The molecule has 1 aliphatic heterocycles. The minimum Gasteiger partial charge on any atom is -0.496 e. The van der Waals surface area contributed by atoms with E-state index >= 15 is 0 Å². The van der Waals surface area contributed by atoms with Crippen LogP contribution in [0.1, 0.15) is 26.2 Å². The van der Waals surface area contributed by atoms with Crippen molar-refractivity contribution in [2.45, 2.75) is 25.7 Å². The van der Waals surface area contributed by atoms with E-state index in [0.717, 1.165) is 36.7 Å². The molecule has 5 nitrogen and oxygen atoms in total. The molecular formula is C16H21N3O2. The second-order valence-electron chi connectivity index (χ2n) is 5.86. The van der Waals surface area contributed by atoms with Gasteiger partial charge in [-0.15, -0.1) is 0 Å². The Morgan fingerprint density at radius 2 is 2.14 bits per heavy atom. The third kappa shape index (κ3) is 2.31. The molecule has 1 atom stereocenters. The Balaban J connectivity index is 2.00. The van der Waals surface area contributed by atoms with E-state index in [4.69, 9.17) is 9.26 Å². The summed E-state index contributed by atoms with van der Waals surface area (Å²) in [6.07, 6.45) is 1.03. The molecule has 112 valence electrons. The van der Waals surface area contributed by atoms with Crippen LogP contribution in [0.4, 0.5) is 0 Å². The molecule has 2 aromatic rings. The lowest BCUT2D eigenvalue weighted by atomic mass is 9.76. The van der Waals surface area contributed by atoms with Crippen LogP contribution < -0.4 is 10.1 Å². The first-order valence-corrected chi connectivity index (χ1v) is 7.35. The van der Waals surface area contributed by atoms with Gasteiger partial charge >= 0.3 is 0 Å². The molecule has 0 radical (unpaired) electrons. The molecule has 1 aromatic carbocycles. The third-order valence-electron chi connectivity index (χ3n) is 4.49. The van der Waals surface area contributed by atoms with Gasteiger partial charge in [-0.2, -0.15) is 4.98 Å². The topological polar surface area (TPSA) is 60.2 Å². The fraction of sp³-hybridized carbons (Fsp3) is 0.500. The number of ether oxygens (including phenoxy) is 1. The number of nitrogens with zero attached hydrogens (tertiary/aromatic N) is 2. The quantitative estimate of drug-likeness (QED) is 0.936. The minimum atomic E-state index is -0.0622. The predicted molar refractivity (Wildman–Crippen MR) is 80.3 cm³/mol. The molecule has 1 unspecified atom stereocenters. The number of aromatic nitrogens is 2. The number of hydrogen-bond donors (Lipinski definition) is 1. The van der Waals surface area contributed by atoms with Crippen LogP contribution in [0.15, 0.2) is 28.8 Å². The van der Waals surface area contributed by atoms with Crippen LogP contribution in [0.3, 0.4) is 0 Å². The summed E-state index contributed by atoms with van der Waals surface area (Å²) >= 11 is 0. The van der Waals surface area contributed by atoms with Crippen LogP contribution >= 0.6 is 0 Å². The Bertz CT molecular complexity index is 615. The van der Waals surface area contributed by atoms with E-state index < -0.39 is 0 Å². The van der Waals surface area contributed by atoms with Crippen molar-refractivity contribution < 1.29 is 9.26 Å². The van der Waals surface area contributed by atoms with E-state index in [1.54, 1.807) is 7.11 Å². The summed E-state index contributed by atoms with van der Waals surface area (Å²) in [4.78, 5) is 4.67. The molecule has 1 fully saturated rings. The fourth-order valence-corrected chi connectivity index (χ4v) is 3.00. The highest BCUT2D eigenvalue weighted by molar-refractivity contribution is 5.63. The summed E-state index contributed by atoms with van der Waals surface area (Å²) in [5.74, 6) is 2.52. The minimum absolute atomic E-state index is 0.0622. The van der Waals surface area contributed by atoms with Gasteiger partial charge in [0, 0.05) is 6.54 Å². The SMILES string of the molecule is COc1ccccc1-c1noc(C2(C(C)C)CCNC2)n1. The molecule has 2 heterocycles. The molecule has 3 rings (SSSR count). The summed E-state index contributed by atoms with van der Waals surface area (Å²) in [5.41, 5.74) is 0.799. The van der Waals surface area contributed by atoms with Crippen LogP contribution in [0.2, 0.25) is 0 Å². The summed E-state index contributed by atoms with van der Waals surface area (Å²) < 4.78 is 11.0. The van der Waals surface area contributed by atoms with Crippen molar-refractivity contribution in [1.82, 2.24) is 15.5 Å². The first-order chi connectivity index (χ1) is 10.2. The zero-order valence-electron chi connectivity index (χ0n) is 12.7. The van der Waals surface area contributed by atoms with Crippen molar-refractivity contribution >= 4 is 0 Å². The van der Waals surface area contributed by atoms with Gasteiger partial charge in [0.1, 0.15) is 5.75 Å². The van der Waals surface area contributed by atoms with Crippen LogP contribution in [0.25, 0.3) is 11.4 Å². The summed E-state index contributed by atoms with van der Waals surface area (Å²) in [5, 5.41) is 7.59. The summed E-state index contributed by atoms with van der Waals surface area (Å²) in [6.45, 7) is 6.29. The van der Waals surface area contributed by atoms with Gasteiger partial charge < -0.3 is 14.6 Å². The Morgan fingerprint density at radius 3 is 2.81 bits per heavy atom. The van der Waals surface area contributed by atoms with Gasteiger partial charge in [0.2, 0.25) is 11.7 Å². The smallest absolute Gasteiger partial charge is 0.234 e. The second kappa shape index (κ2) is 5.48. The van der Waals surface area contributed by atoms with E-state index in [1.165, 1.54) is 0 Å². The molecule has 1 saturated heterocycles.